The molecular formula is C32H34O10. The summed E-state index contributed by atoms with van der Waals surface area (Å²) in [5, 5.41) is 45.2. The molecule has 6 atom stereocenters. The van der Waals surface area contributed by atoms with Gasteiger partial charge < -0.3 is 39.4 Å². The predicted molar refractivity (Wildman–Crippen MR) is 150 cm³/mol. The highest BCUT2D eigenvalue weighted by molar-refractivity contribution is 6.18. The summed E-state index contributed by atoms with van der Waals surface area (Å²) in [5.41, 5.74) is -1.31. The molecule has 0 fully saturated rings. The van der Waals surface area contributed by atoms with Crippen LogP contribution in [0.5, 0.6) is 23.0 Å². The van der Waals surface area contributed by atoms with E-state index in [0.29, 0.717) is 11.1 Å². The van der Waals surface area contributed by atoms with Gasteiger partial charge in [-0.25, -0.2) is 0 Å². The second kappa shape index (κ2) is 9.40. The van der Waals surface area contributed by atoms with Crippen LogP contribution in [0.4, 0.5) is 0 Å². The Morgan fingerprint density at radius 2 is 1.07 bits per heavy atom. The molecule has 2 aliphatic heterocycles. The molecule has 6 rings (SSSR count). The van der Waals surface area contributed by atoms with Crippen LogP contribution < -0.4 is 9.47 Å². The SMILES string of the molecule is CO[C@@H]1CC=C2C(=O)c3c(cc(C)c(-c4c(C)cc5c(c4O)C(=O)C4=CC[C@@H](OC)[C@H](O)[C@@]4(C)O5)c3O)O[C@]2(C)[C@H]1O. The van der Waals surface area contributed by atoms with Crippen molar-refractivity contribution in [3.8, 4) is 34.1 Å². The highest BCUT2D eigenvalue weighted by Crippen LogP contribution is 2.54. The van der Waals surface area contributed by atoms with Crippen molar-refractivity contribution >= 4 is 11.6 Å². The van der Waals surface area contributed by atoms with E-state index in [2.05, 4.69) is 0 Å². The normalized spacial score (nSPS) is 31.5. The lowest BCUT2D eigenvalue weighted by Crippen LogP contribution is -2.58. The molecule has 4 N–H and O–H groups in total. The summed E-state index contributed by atoms with van der Waals surface area (Å²) in [5.74, 6) is -1.66. The van der Waals surface area contributed by atoms with E-state index in [0.717, 1.165) is 0 Å². The average Bonchev–Trinajstić information content (AvgIpc) is 2.92. The quantitative estimate of drug-likeness (QED) is 0.426. The van der Waals surface area contributed by atoms with Gasteiger partial charge in [0.2, 0.25) is 0 Å². The Bertz CT molecular complexity index is 1500. The number of benzene rings is 2. The van der Waals surface area contributed by atoms with E-state index < -0.39 is 58.7 Å². The van der Waals surface area contributed by atoms with Crippen LogP contribution in [0, 0.1) is 13.8 Å². The highest BCUT2D eigenvalue weighted by atomic mass is 16.5. The molecule has 2 heterocycles. The van der Waals surface area contributed by atoms with Gasteiger partial charge in [0.15, 0.2) is 22.8 Å². The molecule has 0 spiro atoms. The first-order chi connectivity index (χ1) is 19.8. The number of phenolic OH excluding ortho intramolecular Hbond substituents is 2. The number of hydrogen-bond acceptors (Lipinski definition) is 10. The van der Waals surface area contributed by atoms with Crippen LogP contribution >= 0.6 is 0 Å². The smallest absolute Gasteiger partial charge is 0.200 e. The number of fused-ring (bicyclic) bond motifs is 4. The Morgan fingerprint density at radius 1 is 0.714 bits per heavy atom. The maximum atomic E-state index is 13.8. The average molecular weight is 579 g/mol. The van der Waals surface area contributed by atoms with Crippen LogP contribution in [0.15, 0.2) is 35.4 Å². The zero-order valence-electron chi connectivity index (χ0n) is 24.3. The number of methoxy groups -OCH3 is 2. The number of hydrogen-bond donors (Lipinski definition) is 4. The van der Waals surface area contributed by atoms with Gasteiger partial charge in [0.05, 0.1) is 12.2 Å². The molecule has 0 amide bonds. The van der Waals surface area contributed by atoms with Gasteiger partial charge in [-0.1, -0.05) is 12.2 Å². The number of ether oxygens (including phenoxy) is 4. The maximum Gasteiger partial charge on any atom is 0.200 e. The molecule has 222 valence electrons. The topological polar surface area (TPSA) is 152 Å². The first-order valence-corrected chi connectivity index (χ1v) is 13.8. The summed E-state index contributed by atoms with van der Waals surface area (Å²) in [6, 6.07) is 3.15. The molecule has 4 aliphatic rings. The van der Waals surface area contributed by atoms with Gasteiger partial charge in [-0.15, -0.1) is 0 Å². The monoisotopic (exact) mass is 578 g/mol. The zero-order valence-corrected chi connectivity index (χ0v) is 24.3. The lowest BCUT2D eigenvalue weighted by atomic mass is 9.74. The molecule has 10 heteroatoms. The maximum absolute atomic E-state index is 13.8. The van der Waals surface area contributed by atoms with Crippen molar-refractivity contribution < 1.29 is 49.0 Å². The first-order valence-electron chi connectivity index (χ1n) is 13.8. The van der Waals surface area contributed by atoms with Crippen LogP contribution in [-0.2, 0) is 9.47 Å². The third-order valence-corrected chi connectivity index (χ3v) is 9.38. The fourth-order valence-corrected chi connectivity index (χ4v) is 6.97. The van der Waals surface area contributed by atoms with E-state index in [-0.39, 0.29) is 57.7 Å². The fourth-order valence-electron chi connectivity index (χ4n) is 6.97. The minimum Gasteiger partial charge on any atom is -0.506 e. The van der Waals surface area contributed by atoms with Gasteiger partial charge in [-0.3, -0.25) is 9.59 Å². The molecule has 2 aromatic carbocycles. The standard InChI is InChI=1S/C32H34O10/c1-13-11-19-23(25(33)15-7-9-17(39-5)29(37)31(15,3)41-19)27(35)21(13)22-14(2)12-20-24(28(22)36)26(34)16-8-10-18(40-6)30(38)32(16,4)42-20/h7-8,11-12,17-18,29-30,35-38H,9-10H2,1-6H3/t17-,18-,29+,30+,31+,32+/m1/s1. The van der Waals surface area contributed by atoms with Gasteiger partial charge >= 0.3 is 0 Å². The summed E-state index contributed by atoms with van der Waals surface area (Å²) >= 11 is 0. The zero-order chi connectivity index (χ0) is 30.5. The van der Waals surface area contributed by atoms with Crippen LogP contribution in [0.2, 0.25) is 0 Å². The van der Waals surface area contributed by atoms with Crippen LogP contribution in [0.1, 0.15) is 58.5 Å². The summed E-state index contributed by atoms with van der Waals surface area (Å²) in [6.45, 7) is 6.59. The number of carbonyl (C=O) groups excluding carboxylic acids is 2. The molecule has 42 heavy (non-hydrogen) atoms. The number of ketones is 2. The van der Waals surface area contributed by atoms with E-state index in [1.165, 1.54) is 14.2 Å². The molecule has 10 nitrogen and oxygen atoms in total. The molecule has 0 saturated heterocycles. The third kappa shape index (κ3) is 3.59. The highest BCUT2D eigenvalue weighted by Gasteiger charge is 2.54. The van der Waals surface area contributed by atoms with E-state index in [4.69, 9.17) is 18.9 Å². The number of carbonyl (C=O) groups is 2. The van der Waals surface area contributed by atoms with Crippen molar-refractivity contribution in [3.63, 3.8) is 0 Å². The summed E-state index contributed by atoms with van der Waals surface area (Å²) < 4.78 is 23.2. The number of aliphatic hydroxyl groups excluding tert-OH is 2. The summed E-state index contributed by atoms with van der Waals surface area (Å²) in [6.07, 6.45) is 0.482. The van der Waals surface area contributed by atoms with Crippen molar-refractivity contribution in [1.29, 1.82) is 0 Å². The van der Waals surface area contributed by atoms with Crippen LogP contribution in [-0.4, -0.2) is 81.8 Å². The number of aromatic hydroxyl groups is 2. The minimum atomic E-state index is -1.39. The van der Waals surface area contributed by atoms with Crippen molar-refractivity contribution in [3.05, 3.63) is 57.7 Å². The minimum absolute atomic E-state index is 0.0912. The van der Waals surface area contributed by atoms with Crippen molar-refractivity contribution in [1.82, 2.24) is 0 Å². The van der Waals surface area contributed by atoms with Gasteiger partial charge in [-0.2, -0.15) is 0 Å². The van der Waals surface area contributed by atoms with Crippen molar-refractivity contribution in [2.24, 2.45) is 0 Å². The molecule has 0 saturated carbocycles. The molecule has 2 aromatic rings. The lowest BCUT2D eigenvalue weighted by molar-refractivity contribution is -0.103. The number of rotatable bonds is 3. The van der Waals surface area contributed by atoms with E-state index in [9.17, 15) is 30.0 Å². The van der Waals surface area contributed by atoms with Crippen molar-refractivity contribution in [2.75, 3.05) is 14.2 Å². The number of phenols is 2. The van der Waals surface area contributed by atoms with Gasteiger partial charge in [0, 0.05) is 36.5 Å². The Hall–Kier alpha value is -3.70. The van der Waals surface area contributed by atoms with Crippen molar-refractivity contribution in [2.45, 2.75) is 76.2 Å². The van der Waals surface area contributed by atoms with Crippen LogP contribution in [0.3, 0.4) is 0 Å². The first kappa shape index (κ1) is 28.4. The Kier molecular flexibility index (Phi) is 6.36. The van der Waals surface area contributed by atoms with Gasteiger partial charge in [0.25, 0.3) is 0 Å². The summed E-state index contributed by atoms with van der Waals surface area (Å²) in [4.78, 5) is 27.6. The Labute approximate surface area is 242 Å². The second-order valence-corrected chi connectivity index (χ2v) is 11.8. The summed E-state index contributed by atoms with van der Waals surface area (Å²) in [7, 11) is 2.95. The second-order valence-electron chi connectivity index (χ2n) is 11.8. The number of aliphatic hydroxyl groups is 2. The number of aryl methyl sites for hydroxylation is 2. The Morgan fingerprint density at radius 3 is 1.40 bits per heavy atom. The molecular weight excluding hydrogens is 544 g/mol. The van der Waals surface area contributed by atoms with Gasteiger partial charge in [0.1, 0.15) is 46.3 Å². The van der Waals surface area contributed by atoms with E-state index in [1.54, 1.807) is 52.0 Å². The largest absolute Gasteiger partial charge is 0.506 e. The predicted octanol–water partition coefficient (Wildman–Crippen LogP) is 3.46. The van der Waals surface area contributed by atoms with Crippen LogP contribution in [0.25, 0.3) is 11.1 Å². The molecule has 0 radical (unpaired) electrons. The Balaban J connectivity index is 1.51. The molecule has 0 aromatic heterocycles. The molecule has 2 aliphatic carbocycles. The third-order valence-electron chi connectivity index (χ3n) is 9.38. The number of Topliss-reactive ketones (excluding diaryl/α,β-unsaturated/α-hetero) is 2. The molecule has 0 bridgehead atoms. The van der Waals surface area contributed by atoms with E-state index in [1.807, 2.05) is 0 Å². The lowest BCUT2D eigenvalue weighted by Gasteiger charge is -2.45. The molecule has 0 unspecified atom stereocenters. The fraction of sp³-hybridized carbons (Fsp3) is 0.438. The van der Waals surface area contributed by atoms with E-state index >= 15 is 0 Å². The van der Waals surface area contributed by atoms with Gasteiger partial charge in [-0.05, 0) is 63.8 Å².